The van der Waals surface area contributed by atoms with Crippen molar-refractivity contribution >= 4 is 5.69 Å². The zero-order valence-corrected chi connectivity index (χ0v) is 12.3. The minimum absolute atomic E-state index is 0.710. The molecule has 1 aromatic carbocycles. The quantitative estimate of drug-likeness (QED) is 0.881. The monoisotopic (exact) mass is 261 g/mol. The molecule has 1 unspecified atom stereocenters. The van der Waals surface area contributed by atoms with Gasteiger partial charge in [-0.3, -0.25) is 4.90 Å². The highest BCUT2D eigenvalue weighted by molar-refractivity contribution is 5.54. The van der Waals surface area contributed by atoms with Crippen LogP contribution in [0.2, 0.25) is 0 Å². The van der Waals surface area contributed by atoms with Crippen molar-refractivity contribution < 1.29 is 0 Å². The van der Waals surface area contributed by atoms with Crippen molar-refractivity contribution in [3.05, 3.63) is 29.8 Å². The standard InChI is InChI=1S/C16H27N3/c1-3-14(2)18-10-12-19(13-11-18)16-7-5-4-6-15(16)8-9-17/h4-7,14H,3,8-13,17H2,1-2H3. The molecule has 19 heavy (non-hydrogen) atoms. The zero-order valence-electron chi connectivity index (χ0n) is 12.3. The fourth-order valence-electron chi connectivity index (χ4n) is 2.85. The van der Waals surface area contributed by atoms with Crippen molar-refractivity contribution in [2.45, 2.75) is 32.7 Å². The number of piperazine rings is 1. The van der Waals surface area contributed by atoms with Gasteiger partial charge in [-0.15, -0.1) is 0 Å². The van der Waals surface area contributed by atoms with Crippen LogP contribution in [0.25, 0.3) is 0 Å². The molecule has 106 valence electrons. The third-order valence-electron chi connectivity index (χ3n) is 4.27. The third kappa shape index (κ3) is 3.48. The number of hydrogen-bond acceptors (Lipinski definition) is 3. The summed E-state index contributed by atoms with van der Waals surface area (Å²) < 4.78 is 0. The fourth-order valence-corrected chi connectivity index (χ4v) is 2.85. The lowest BCUT2D eigenvalue weighted by Crippen LogP contribution is -2.49. The van der Waals surface area contributed by atoms with Crippen LogP contribution < -0.4 is 10.6 Å². The van der Waals surface area contributed by atoms with Crippen LogP contribution >= 0.6 is 0 Å². The van der Waals surface area contributed by atoms with Gasteiger partial charge in [0, 0.05) is 37.9 Å². The van der Waals surface area contributed by atoms with Crippen molar-refractivity contribution in [3.63, 3.8) is 0 Å². The topological polar surface area (TPSA) is 32.5 Å². The lowest BCUT2D eigenvalue weighted by molar-refractivity contribution is 0.192. The van der Waals surface area contributed by atoms with Crippen LogP contribution in [0.15, 0.2) is 24.3 Å². The van der Waals surface area contributed by atoms with Crippen molar-refractivity contribution in [2.75, 3.05) is 37.6 Å². The first-order valence-electron chi connectivity index (χ1n) is 7.53. The van der Waals surface area contributed by atoms with E-state index >= 15 is 0 Å². The average Bonchev–Trinajstić information content (AvgIpc) is 2.47. The second-order valence-electron chi connectivity index (χ2n) is 5.45. The van der Waals surface area contributed by atoms with E-state index in [-0.39, 0.29) is 0 Å². The van der Waals surface area contributed by atoms with Gasteiger partial charge in [-0.2, -0.15) is 0 Å². The van der Waals surface area contributed by atoms with Crippen LogP contribution in [-0.2, 0) is 6.42 Å². The minimum Gasteiger partial charge on any atom is -0.369 e. The Balaban J connectivity index is 2.01. The highest BCUT2D eigenvalue weighted by Crippen LogP contribution is 2.22. The summed E-state index contributed by atoms with van der Waals surface area (Å²) in [5.41, 5.74) is 8.49. The molecule has 0 saturated carbocycles. The van der Waals surface area contributed by atoms with E-state index in [4.69, 9.17) is 5.73 Å². The Kier molecular flexibility index (Phi) is 5.23. The first kappa shape index (κ1) is 14.4. The Hall–Kier alpha value is -1.06. The summed E-state index contributed by atoms with van der Waals surface area (Å²) in [7, 11) is 0. The number of anilines is 1. The minimum atomic E-state index is 0.710. The normalized spacial score (nSPS) is 18.6. The molecule has 0 aliphatic carbocycles. The molecule has 1 saturated heterocycles. The van der Waals surface area contributed by atoms with Crippen LogP contribution in [-0.4, -0.2) is 43.7 Å². The van der Waals surface area contributed by atoms with E-state index in [0.717, 1.165) is 26.1 Å². The first-order valence-corrected chi connectivity index (χ1v) is 7.53. The fraction of sp³-hybridized carbons (Fsp3) is 0.625. The lowest BCUT2D eigenvalue weighted by atomic mass is 10.1. The Morgan fingerprint density at radius 1 is 1.16 bits per heavy atom. The summed E-state index contributed by atoms with van der Waals surface area (Å²) >= 11 is 0. The molecule has 2 N–H and O–H groups in total. The lowest BCUT2D eigenvalue weighted by Gasteiger charge is -2.39. The maximum absolute atomic E-state index is 5.71. The number of benzene rings is 1. The van der Waals surface area contributed by atoms with E-state index in [1.807, 2.05) is 0 Å². The SMILES string of the molecule is CCC(C)N1CCN(c2ccccc2CCN)CC1. The van der Waals surface area contributed by atoms with Gasteiger partial charge in [0.15, 0.2) is 0 Å². The van der Waals surface area contributed by atoms with Crippen LogP contribution in [0.3, 0.4) is 0 Å². The largest absolute Gasteiger partial charge is 0.369 e. The summed E-state index contributed by atoms with van der Waals surface area (Å²) in [5, 5.41) is 0. The molecule has 1 aliphatic heterocycles. The maximum Gasteiger partial charge on any atom is 0.0400 e. The smallest absolute Gasteiger partial charge is 0.0400 e. The molecule has 1 aliphatic rings. The van der Waals surface area contributed by atoms with Gasteiger partial charge in [0.1, 0.15) is 0 Å². The van der Waals surface area contributed by atoms with Crippen molar-refractivity contribution in [2.24, 2.45) is 5.73 Å². The van der Waals surface area contributed by atoms with Gasteiger partial charge in [0.25, 0.3) is 0 Å². The van der Waals surface area contributed by atoms with Crippen LogP contribution in [0.4, 0.5) is 5.69 Å². The van der Waals surface area contributed by atoms with Gasteiger partial charge in [0.2, 0.25) is 0 Å². The summed E-state index contributed by atoms with van der Waals surface area (Å²) in [6, 6.07) is 9.41. The van der Waals surface area contributed by atoms with E-state index < -0.39 is 0 Å². The maximum atomic E-state index is 5.71. The van der Waals surface area contributed by atoms with E-state index in [9.17, 15) is 0 Å². The Morgan fingerprint density at radius 3 is 2.47 bits per heavy atom. The molecule has 3 heteroatoms. The highest BCUT2D eigenvalue weighted by Gasteiger charge is 2.21. The van der Waals surface area contributed by atoms with E-state index in [1.165, 1.54) is 30.8 Å². The van der Waals surface area contributed by atoms with E-state index in [2.05, 4.69) is 47.9 Å². The van der Waals surface area contributed by atoms with Gasteiger partial charge >= 0.3 is 0 Å². The summed E-state index contributed by atoms with van der Waals surface area (Å²) in [5.74, 6) is 0. The number of nitrogens with two attached hydrogens (primary N) is 1. The Labute approximate surface area is 117 Å². The predicted molar refractivity (Wildman–Crippen MR) is 82.7 cm³/mol. The molecule has 0 spiro atoms. The highest BCUT2D eigenvalue weighted by atomic mass is 15.3. The van der Waals surface area contributed by atoms with E-state index in [0.29, 0.717) is 6.04 Å². The molecule has 0 radical (unpaired) electrons. The van der Waals surface area contributed by atoms with Crippen molar-refractivity contribution in [1.82, 2.24) is 4.90 Å². The Morgan fingerprint density at radius 2 is 1.84 bits per heavy atom. The second kappa shape index (κ2) is 6.92. The zero-order chi connectivity index (χ0) is 13.7. The van der Waals surface area contributed by atoms with Crippen molar-refractivity contribution in [3.8, 4) is 0 Å². The Bertz CT molecular complexity index is 383. The molecular weight excluding hydrogens is 234 g/mol. The molecule has 0 amide bonds. The van der Waals surface area contributed by atoms with Gasteiger partial charge in [0.05, 0.1) is 0 Å². The number of rotatable bonds is 5. The predicted octanol–water partition coefficient (Wildman–Crippen LogP) is 2.11. The van der Waals surface area contributed by atoms with Gasteiger partial charge in [-0.25, -0.2) is 0 Å². The van der Waals surface area contributed by atoms with Gasteiger partial charge < -0.3 is 10.6 Å². The summed E-state index contributed by atoms with van der Waals surface area (Å²) in [6.45, 7) is 9.94. The average molecular weight is 261 g/mol. The number of nitrogens with zero attached hydrogens (tertiary/aromatic N) is 2. The first-order chi connectivity index (χ1) is 9.26. The molecule has 2 rings (SSSR count). The molecule has 0 aromatic heterocycles. The summed E-state index contributed by atoms with van der Waals surface area (Å²) in [6.07, 6.45) is 2.21. The van der Waals surface area contributed by atoms with Gasteiger partial charge in [-0.05, 0) is 37.9 Å². The van der Waals surface area contributed by atoms with Crippen molar-refractivity contribution in [1.29, 1.82) is 0 Å². The molecule has 1 atom stereocenters. The summed E-state index contributed by atoms with van der Waals surface area (Å²) in [4.78, 5) is 5.12. The molecule has 0 bridgehead atoms. The van der Waals surface area contributed by atoms with Crippen LogP contribution in [0.1, 0.15) is 25.8 Å². The molecule has 1 heterocycles. The molecule has 1 aromatic rings. The number of hydrogen-bond donors (Lipinski definition) is 1. The molecule has 3 nitrogen and oxygen atoms in total. The van der Waals surface area contributed by atoms with Crippen LogP contribution in [0.5, 0.6) is 0 Å². The molecule has 1 fully saturated rings. The second-order valence-corrected chi connectivity index (χ2v) is 5.45. The number of para-hydroxylation sites is 1. The molecular formula is C16H27N3. The van der Waals surface area contributed by atoms with E-state index in [1.54, 1.807) is 0 Å². The third-order valence-corrected chi connectivity index (χ3v) is 4.27. The van der Waals surface area contributed by atoms with Gasteiger partial charge in [-0.1, -0.05) is 25.1 Å². The van der Waals surface area contributed by atoms with Crippen LogP contribution in [0, 0.1) is 0 Å².